The van der Waals surface area contributed by atoms with Crippen LogP contribution >= 0.6 is 0 Å². The first-order chi connectivity index (χ1) is 12.7. The van der Waals surface area contributed by atoms with Crippen LogP contribution in [0.3, 0.4) is 0 Å². The minimum atomic E-state index is -1.49. The number of hydrogen-bond acceptors (Lipinski definition) is 6. The first-order valence-corrected chi connectivity index (χ1v) is 9.87. The van der Waals surface area contributed by atoms with Gasteiger partial charge in [0, 0.05) is 0 Å². The molecule has 1 rings (SSSR count). The summed E-state index contributed by atoms with van der Waals surface area (Å²) in [6.45, 7) is 7.76. The minimum Gasteiger partial charge on any atom is -0.394 e. The van der Waals surface area contributed by atoms with Crippen molar-refractivity contribution in [2.24, 2.45) is 11.3 Å². The maximum atomic E-state index is 9.98. The van der Waals surface area contributed by atoms with Crippen molar-refractivity contribution >= 4 is 0 Å². The zero-order valence-electron chi connectivity index (χ0n) is 17.1. The summed E-state index contributed by atoms with van der Waals surface area (Å²) in [7, 11) is 0. The Morgan fingerprint density at radius 1 is 1.26 bits per heavy atom. The Bertz CT molecular complexity index is 503. The molecule has 158 valence electrons. The van der Waals surface area contributed by atoms with Gasteiger partial charge in [-0.3, -0.25) is 0 Å². The molecule has 0 aromatic rings. The highest BCUT2D eigenvalue weighted by Gasteiger charge is 2.34. The molecule has 0 aliphatic heterocycles. The Morgan fingerprint density at radius 3 is 2.44 bits per heavy atom. The molecule has 0 aromatic heterocycles. The van der Waals surface area contributed by atoms with E-state index in [1.165, 1.54) is 12.0 Å². The maximum absolute atomic E-state index is 9.98. The van der Waals surface area contributed by atoms with Crippen LogP contribution in [0.4, 0.5) is 0 Å². The summed E-state index contributed by atoms with van der Waals surface area (Å²) < 4.78 is 5.49. The van der Waals surface area contributed by atoms with E-state index in [-0.39, 0.29) is 12.0 Å². The molecule has 6 atom stereocenters. The van der Waals surface area contributed by atoms with Crippen molar-refractivity contribution in [3.05, 3.63) is 23.3 Å². The second-order valence-electron chi connectivity index (χ2n) is 8.12. The number of hydrogen-bond donors (Lipinski definition) is 5. The van der Waals surface area contributed by atoms with Crippen LogP contribution in [-0.4, -0.2) is 69.8 Å². The molecule has 6 heteroatoms. The molecule has 5 N–H and O–H groups in total. The molecule has 0 aromatic carbocycles. The molecule has 0 radical (unpaired) electrons. The van der Waals surface area contributed by atoms with Gasteiger partial charge in [-0.25, -0.2) is 0 Å². The van der Waals surface area contributed by atoms with E-state index in [9.17, 15) is 15.3 Å². The van der Waals surface area contributed by atoms with Crippen LogP contribution in [0.25, 0.3) is 0 Å². The fourth-order valence-corrected chi connectivity index (χ4v) is 3.66. The zero-order valence-corrected chi connectivity index (χ0v) is 17.1. The second kappa shape index (κ2) is 11.3. The first kappa shape index (κ1) is 24.3. The standard InChI is InChI=1S/C21H38O6/c1-14(8-10-21(4)15(2)6-5-7-16(21)3)9-11-27-20(18(25)13-23)19(26)17(24)12-22/h6,9,16-20,22-26H,5,7-8,10-13H2,1-4H3/b14-9+/t16-,17-,18-,19-,20-,21-/m1/s1. The molecule has 0 amide bonds. The topological polar surface area (TPSA) is 110 Å². The van der Waals surface area contributed by atoms with Crippen LogP contribution in [0.5, 0.6) is 0 Å². The lowest BCUT2D eigenvalue weighted by molar-refractivity contribution is -0.144. The summed E-state index contributed by atoms with van der Waals surface area (Å²) in [6.07, 6.45) is 3.13. The number of allylic oxidation sites excluding steroid dienone is 3. The zero-order chi connectivity index (χ0) is 20.6. The van der Waals surface area contributed by atoms with Crippen molar-refractivity contribution < 1.29 is 30.3 Å². The average molecular weight is 387 g/mol. The normalized spacial score (nSPS) is 28.4. The number of aliphatic hydroxyl groups excluding tert-OH is 5. The van der Waals surface area contributed by atoms with E-state index in [4.69, 9.17) is 14.9 Å². The van der Waals surface area contributed by atoms with Crippen molar-refractivity contribution in [3.63, 3.8) is 0 Å². The molecule has 0 unspecified atom stereocenters. The second-order valence-corrected chi connectivity index (χ2v) is 8.12. The molecule has 0 heterocycles. The van der Waals surface area contributed by atoms with Crippen LogP contribution < -0.4 is 0 Å². The van der Waals surface area contributed by atoms with Gasteiger partial charge in [0.25, 0.3) is 0 Å². The Balaban J connectivity index is 2.61. The van der Waals surface area contributed by atoms with Gasteiger partial charge in [0.2, 0.25) is 0 Å². The lowest BCUT2D eigenvalue weighted by Crippen LogP contribution is -2.48. The fraction of sp³-hybridized carbons (Fsp3) is 0.810. The summed E-state index contributed by atoms with van der Waals surface area (Å²) in [5.41, 5.74) is 2.81. The molecule has 0 saturated carbocycles. The molecular formula is C21H38O6. The van der Waals surface area contributed by atoms with E-state index < -0.39 is 37.6 Å². The van der Waals surface area contributed by atoms with Crippen LogP contribution in [-0.2, 0) is 4.74 Å². The van der Waals surface area contributed by atoms with Gasteiger partial charge in [0.15, 0.2) is 0 Å². The van der Waals surface area contributed by atoms with Gasteiger partial charge in [-0.05, 0) is 50.9 Å². The molecular weight excluding hydrogens is 348 g/mol. The molecule has 1 aliphatic carbocycles. The number of ether oxygens (including phenoxy) is 1. The molecule has 1 aliphatic rings. The number of aliphatic hydroxyl groups is 5. The van der Waals surface area contributed by atoms with Crippen molar-refractivity contribution in [1.29, 1.82) is 0 Å². The largest absolute Gasteiger partial charge is 0.394 e. The summed E-state index contributed by atoms with van der Waals surface area (Å²) in [5, 5.41) is 47.4. The van der Waals surface area contributed by atoms with E-state index in [1.807, 2.05) is 13.0 Å². The smallest absolute Gasteiger partial charge is 0.114 e. The van der Waals surface area contributed by atoms with Crippen molar-refractivity contribution in [3.8, 4) is 0 Å². The van der Waals surface area contributed by atoms with Crippen LogP contribution in [0.1, 0.15) is 53.4 Å². The summed E-state index contributed by atoms with van der Waals surface area (Å²) in [4.78, 5) is 0. The lowest BCUT2D eigenvalue weighted by Gasteiger charge is -2.40. The SMILES string of the molecule is CC1=CCC[C@@H](C)[C@]1(C)CC/C(C)=C/CO[C@@H]([C@H](O)[C@H](O)CO)[C@H](O)CO. The molecule has 0 fully saturated rings. The Labute approximate surface area is 163 Å². The quantitative estimate of drug-likeness (QED) is 0.345. The first-order valence-electron chi connectivity index (χ1n) is 9.87. The van der Waals surface area contributed by atoms with E-state index in [2.05, 4.69) is 26.8 Å². The minimum absolute atomic E-state index is 0.143. The van der Waals surface area contributed by atoms with Crippen molar-refractivity contribution in [1.82, 2.24) is 0 Å². The molecule has 0 spiro atoms. The van der Waals surface area contributed by atoms with Crippen LogP contribution in [0.2, 0.25) is 0 Å². The van der Waals surface area contributed by atoms with E-state index in [1.54, 1.807) is 0 Å². The fourth-order valence-electron chi connectivity index (χ4n) is 3.66. The van der Waals surface area contributed by atoms with Gasteiger partial charge in [0.1, 0.15) is 24.4 Å². The van der Waals surface area contributed by atoms with E-state index in [0.29, 0.717) is 5.92 Å². The third-order valence-corrected chi connectivity index (χ3v) is 6.28. The summed E-state index contributed by atoms with van der Waals surface area (Å²) in [6, 6.07) is 0. The molecule has 0 saturated heterocycles. The third-order valence-electron chi connectivity index (χ3n) is 6.28. The van der Waals surface area contributed by atoms with Gasteiger partial charge in [-0.2, -0.15) is 0 Å². The molecule has 0 bridgehead atoms. The van der Waals surface area contributed by atoms with Crippen LogP contribution in [0.15, 0.2) is 23.3 Å². The number of rotatable bonds is 11. The Morgan fingerprint density at radius 2 is 1.89 bits per heavy atom. The van der Waals surface area contributed by atoms with Gasteiger partial charge in [-0.15, -0.1) is 0 Å². The highest BCUT2D eigenvalue weighted by atomic mass is 16.5. The van der Waals surface area contributed by atoms with Gasteiger partial charge < -0.3 is 30.3 Å². The average Bonchev–Trinajstić information content (AvgIpc) is 2.66. The van der Waals surface area contributed by atoms with E-state index >= 15 is 0 Å². The maximum Gasteiger partial charge on any atom is 0.114 e. The third kappa shape index (κ3) is 6.66. The highest BCUT2D eigenvalue weighted by Crippen LogP contribution is 2.45. The van der Waals surface area contributed by atoms with Crippen molar-refractivity contribution in [2.75, 3.05) is 19.8 Å². The molecule has 27 heavy (non-hydrogen) atoms. The predicted octanol–water partition coefficient (Wildman–Crippen LogP) is 1.55. The van der Waals surface area contributed by atoms with Gasteiger partial charge >= 0.3 is 0 Å². The molecule has 6 nitrogen and oxygen atoms in total. The monoisotopic (exact) mass is 386 g/mol. The van der Waals surface area contributed by atoms with Gasteiger partial charge in [-0.1, -0.05) is 37.1 Å². The summed E-state index contributed by atoms with van der Waals surface area (Å²) >= 11 is 0. The van der Waals surface area contributed by atoms with Crippen LogP contribution in [0, 0.1) is 11.3 Å². The Kier molecular flexibility index (Phi) is 10.2. The lowest BCUT2D eigenvalue weighted by atomic mass is 9.65. The van der Waals surface area contributed by atoms with E-state index in [0.717, 1.165) is 24.8 Å². The van der Waals surface area contributed by atoms with Gasteiger partial charge in [0.05, 0.1) is 19.8 Å². The Hall–Kier alpha value is -0.760. The highest BCUT2D eigenvalue weighted by molar-refractivity contribution is 5.16. The predicted molar refractivity (Wildman–Crippen MR) is 105 cm³/mol. The summed E-state index contributed by atoms with van der Waals surface area (Å²) in [5.74, 6) is 0.644. The van der Waals surface area contributed by atoms with Crippen molar-refractivity contribution in [2.45, 2.75) is 77.8 Å².